The molecule has 4 aromatic rings. The highest BCUT2D eigenvalue weighted by Gasteiger charge is 2.39. The highest BCUT2D eigenvalue weighted by molar-refractivity contribution is 6.05. The molecule has 2 aromatic carbocycles. The molecule has 54 heavy (non-hydrogen) atoms. The summed E-state index contributed by atoms with van der Waals surface area (Å²) in [5, 5.41) is 13.4. The minimum absolute atomic E-state index is 0.0745. The van der Waals surface area contributed by atoms with Gasteiger partial charge in [-0.25, -0.2) is 0 Å². The Labute approximate surface area is 315 Å². The first-order valence-electron chi connectivity index (χ1n) is 19.1. The summed E-state index contributed by atoms with van der Waals surface area (Å²) < 4.78 is 7.99. The highest BCUT2D eigenvalue weighted by Crippen LogP contribution is 2.31. The van der Waals surface area contributed by atoms with Crippen LogP contribution in [-0.4, -0.2) is 91.8 Å². The first-order chi connectivity index (χ1) is 26.1. The van der Waals surface area contributed by atoms with E-state index in [1.54, 1.807) is 9.42 Å². The van der Waals surface area contributed by atoms with E-state index in [1.165, 1.54) is 0 Å². The first-order valence-corrected chi connectivity index (χ1v) is 19.1. The van der Waals surface area contributed by atoms with Crippen molar-refractivity contribution in [2.75, 3.05) is 32.0 Å². The van der Waals surface area contributed by atoms with Gasteiger partial charge in [-0.3, -0.25) is 24.5 Å². The van der Waals surface area contributed by atoms with Gasteiger partial charge in [0.15, 0.2) is 5.65 Å². The van der Waals surface area contributed by atoms with Gasteiger partial charge in [-0.15, -0.1) is 0 Å². The van der Waals surface area contributed by atoms with Crippen molar-refractivity contribution in [1.82, 2.24) is 40.0 Å². The van der Waals surface area contributed by atoms with Gasteiger partial charge in [0.25, 0.3) is 11.8 Å². The molecule has 7 rings (SSSR count). The van der Waals surface area contributed by atoms with E-state index in [9.17, 15) is 19.2 Å². The molecule has 1 unspecified atom stereocenters. The minimum atomic E-state index is -0.619. The van der Waals surface area contributed by atoms with Crippen LogP contribution in [0.15, 0.2) is 48.7 Å². The number of carbonyl (C=O) groups excluding carboxylic acids is 4. The predicted molar refractivity (Wildman–Crippen MR) is 202 cm³/mol. The van der Waals surface area contributed by atoms with Crippen LogP contribution < -0.4 is 20.7 Å². The monoisotopic (exact) mass is 735 g/mol. The zero-order chi connectivity index (χ0) is 37.8. The zero-order valence-corrected chi connectivity index (χ0v) is 31.3. The number of fused-ring (bicyclic) bond motifs is 2. The number of nitrogens with one attached hydrogen (secondary N) is 3. The van der Waals surface area contributed by atoms with Gasteiger partial charge in [0.2, 0.25) is 17.8 Å². The van der Waals surface area contributed by atoms with E-state index in [0.29, 0.717) is 49.1 Å². The summed E-state index contributed by atoms with van der Waals surface area (Å²) in [5.41, 5.74) is 6.05. The lowest BCUT2D eigenvalue weighted by Gasteiger charge is -2.29. The van der Waals surface area contributed by atoms with E-state index in [2.05, 4.69) is 46.8 Å². The molecule has 2 fully saturated rings. The topological polar surface area (TPSA) is 163 Å². The second-order valence-electron chi connectivity index (χ2n) is 14.9. The number of unbranched alkanes of at least 4 members (excludes halogenated alkanes) is 2. The van der Waals surface area contributed by atoms with Crippen LogP contribution in [0.1, 0.15) is 108 Å². The van der Waals surface area contributed by atoms with Crippen molar-refractivity contribution in [3.05, 3.63) is 82.0 Å². The summed E-state index contributed by atoms with van der Waals surface area (Å²) in [6.45, 7) is 7.61. The van der Waals surface area contributed by atoms with E-state index >= 15 is 0 Å². The lowest BCUT2D eigenvalue weighted by atomic mass is 9.98. The average Bonchev–Trinajstić information content (AvgIpc) is 3.75. The molecule has 1 atom stereocenters. The molecule has 4 amide bonds. The Morgan fingerprint density at radius 2 is 1.80 bits per heavy atom. The van der Waals surface area contributed by atoms with Gasteiger partial charge < -0.3 is 25.2 Å². The molecule has 3 aliphatic heterocycles. The Morgan fingerprint density at radius 1 is 1.00 bits per heavy atom. The van der Waals surface area contributed by atoms with E-state index in [0.717, 1.165) is 79.5 Å². The van der Waals surface area contributed by atoms with Crippen LogP contribution in [0.25, 0.3) is 5.65 Å². The molecule has 0 bridgehead atoms. The number of hydrogen-bond donors (Lipinski definition) is 3. The van der Waals surface area contributed by atoms with Crippen molar-refractivity contribution >= 4 is 35.2 Å². The smallest absolute Gasteiger partial charge is 0.322 e. The molecule has 0 radical (unpaired) electrons. The van der Waals surface area contributed by atoms with Crippen molar-refractivity contribution in [1.29, 1.82) is 0 Å². The number of carbonyl (C=O) groups is 4. The number of hydrogen-bond acceptors (Lipinski definition) is 10. The van der Waals surface area contributed by atoms with Gasteiger partial charge >= 0.3 is 6.01 Å². The van der Waals surface area contributed by atoms with Crippen LogP contribution >= 0.6 is 0 Å². The van der Waals surface area contributed by atoms with Gasteiger partial charge in [0.1, 0.15) is 12.1 Å². The summed E-state index contributed by atoms with van der Waals surface area (Å²) >= 11 is 0. The van der Waals surface area contributed by atoms with Crippen molar-refractivity contribution in [3.8, 4) is 6.01 Å². The largest absolute Gasteiger partial charge is 0.460 e. The number of rotatable bonds is 14. The van der Waals surface area contributed by atoms with Crippen LogP contribution in [0.2, 0.25) is 0 Å². The molecule has 3 aliphatic rings. The van der Waals surface area contributed by atoms with Gasteiger partial charge in [0, 0.05) is 55.8 Å². The van der Waals surface area contributed by atoms with E-state index < -0.39 is 11.9 Å². The SMILES string of the molecule is CC(C)c1cnn2c(NCc3ccc(C(=O)NCCCCCc4cccc5c4CN(C4CCC(=O)NC4=O)C5=O)cc3)nc(OC3CCN(C)CC3)nc12. The number of nitrogens with zero attached hydrogens (tertiary/aromatic N) is 6. The Kier molecular flexibility index (Phi) is 11.2. The lowest BCUT2D eigenvalue weighted by Crippen LogP contribution is -2.52. The van der Waals surface area contributed by atoms with Gasteiger partial charge in [0.05, 0.1) is 6.20 Å². The molecule has 14 heteroatoms. The lowest BCUT2D eigenvalue weighted by molar-refractivity contribution is -0.136. The molecular formula is C40H49N9O5. The zero-order valence-electron chi connectivity index (χ0n) is 31.3. The number of anilines is 1. The third kappa shape index (κ3) is 8.23. The minimum Gasteiger partial charge on any atom is -0.460 e. The molecule has 0 spiro atoms. The standard InChI is InChI=1S/C40H49N9O5/c1-25(2)31-23-43-49-35(31)45-40(54-29-17-20-47(3)21-18-29)46-39(49)42-22-26-11-13-28(14-12-26)36(51)41-19-6-4-5-8-27-9-7-10-30-32(27)24-48(38(30)53)33-15-16-34(50)44-37(33)52/h7,9-14,23,25,29,33H,4-6,8,15-22,24H2,1-3H3,(H,41,51)(H,42,45,46)(H,44,50,52). The molecule has 2 aromatic heterocycles. The molecule has 3 N–H and O–H groups in total. The number of amides is 4. The summed E-state index contributed by atoms with van der Waals surface area (Å²) in [7, 11) is 2.12. The highest BCUT2D eigenvalue weighted by atomic mass is 16.5. The maximum absolute atomic E-state index is 13.1. The fraction of sp³-hybridized carbons (Fsp3) is 0.475. The Hall–Kier alpha value is -5.37. The third-order valence-corrected chi connectivity index (χ3v) is 10.7. The number of ether oxygens (including phenoxy) is 1. The molecule has 14 nitrogen and oxygen atoms in total. The van der Waals surface area contributed by atoms with Crippen molar-refractivity contribution in [3.63, 3.8) is 0 Å². The maximum Gasteiger partial charge on any atom is 0.322 e. The Morgan fingerprint density at radius 3 is 2.56 bits per heavy atom. The quantitative estimate of drug-likeness (QED) is 0.126. The second-order valence-corrected chi connectivity index (χ2v) is 14.9. The maximum atomic E-state index is 13.1. The van der Waals surface area contributed by atoms with Gasteiger partial charge in [-0.05, 0) is 86.4 Å². The summed E-state index contributed by atoms with van der Waals surface area (Å²) in [6, 6.07) is 13.0. The van der Waals surface area contributed by atoms with E-state index in [1.807, 2.05) is 48.7 Å². The van der Waals surface area contributed by atoms with Crippen LogP contribution in [0.4, 0.5) is 5.95 Å². The Bertz CT molecular complexity index is 2020. The molecule has 2 saturated heterocycles. The third-order valence-electron chi connectivity index (χ3n) is 10.7. The fourth-order valence-electron chi connectivity index (χ4n) is 7.46. The van der Waals surface area contributed by atoms with Crippen molar-refractivity contribution in [2.45, 2.75) is 96.4 Å². The Balaban J connectivity index is 0.873. The average molecular weight is 736 g/mol. The van der Waals surface area contributed by atoms with Crippen molar-refractivity contribution in [2.24, 2.45) is 0 Å². The molecular weight excluding hydrogens is 686 g/mol. The number of aryl methyl sites for hydroxylation is 1. The number of benzene rings is 2. The summed E-state index contributed by atoms with van der Waals surface area (Å²) in [5.74, 6) is -0.174. The van der Waals surface area contributed by atoms with E-state index in [-0.39, 0.29) is 36.2 Å². The molecule has 0 aliphatic carbocycles. The summed E-state index contributed by atoms with van der Waals surface area (Å²) in [6.07, 6.45) is 7.80. The summed E-state index contributed by atoms with van der Waals surface area (Å²) in [4.78, 5) is 63.4. The molecule has 5 heterocycles. The van der Waals surface area contributed by atoms with Crippen LogP contribution in [-0.2, 0) is 29.1 Å². The number of aromatic nitrogens is 4. The van der Waals surface area contributed by atoms with Crippen LogP contribution in [0, 0.1) is 0 Å². The van der Waals surface area contributed by atoms with Gasteiger partial charge in [-0.2, -0.15) is 19.6 Å². The van der Waals surface area contributed by atoms with Crippen molar-refractivity contribution < 1.29 is 23.9 Å². The normalized spacial score (nSPS) is 18.0. The molecule has 0 saturated carbocycles. The van der Waals surface area contributed by atoms with Crippen LogP contribution in [0.5, 0.6) is 6.01 Å². The number of likely N-dealkylation sites (tertiary alicyclic amines) is 1. The van der Waals surface area contributed by atoms with Gasteiger partial charge in [-0.1, -0.05) is 44.5 Å². The number of imide groups is 1. The number of piperidine rings is 2. The fourth-order valence-corrected chi connectivity index (χ4v) is 7.46. The predicted octanol–water partition coefficient (Wildman–Crippen LogP) is 4.24. The van der Waals surface area contributed by atoms with Crippen LogP contribution in [0.3, 0.4) is 0 Å². The van der Waals surface area contributed by atoms with E-state index in [4.69, 9.17) is 14.7 Å². The first kappa shape index (κ1) is 37.0. The molecule has 284 valence electrons. The second kappa shape index (κ2) is 16.3.